The summed E-state index contributed by atoms with van der Waals surface area (Å²) in [6, 6.07) is 13.8. The van der Waals surface area contributed by atoms with Crippen LogP contribution in [0.2, 0.25) is 0 Å². The van der Waals surface area contributed by atoms with Gasteiger partial charge in [-0.25, -0.2) is 4.98 Å². The van der Waals surface area contributed by atoms with Gasteiger partial charge in [-0.15, -0.1) is 0 Å². The summed E-state index contributed by atoms with van der Waals surface area (Å²) < 4.78 is 0. The number of nitrogens with one attached hydrogen (secondary N) is 1. The lowest BCUT2D eigenvalue weighted by molar-refractivity contribution is -0.140. The van der Waals surface area contributed by atoms with Crippen LogP contribution in [0.1, 0.15) is 48.4 Å². The molecule has 0 unspecified atom stereocenters. The fourth-order valence-electron chi connectivity index (χ4n) is 5.12. The molecule has 1 amide bonds. The molecule has 0 radical (unpaired) electrons. The Hall–Kier alpha value is -3.48. The first kappa shape index (κ1) is 22.3. The zero-order valence-electron chi connectivity index (χ0n) is 19.2. The van der Waals surface area contributed by atoms with Crippen LogP contribution in [0, 0.1) is 5.92 Å². The maximum absolute atomic E-state index is 13.0. The molecule has 1 fully saturated rings. The molecule has 2 aliphatic rings. The van der Waals surface area contributed by atoms with Crippen LogP contribution in [0.15, 0.2) is 48.7 Å². The van der Waals surface area contributed by atoms with E-state index < -0.39 is 11.9 Å². The van der Waals surface area contributed by atoms with E-state index in [0.717, 1.165) is 67.5 Å². The Labute approximate surface area is 199 Å². The van der Waals surface area contributed by atoms with Crippen molar-refractivity contribution in [1.82, 2.24) is 14.9 Å². The number of aromatic nitrogens is 2. The molecule has 2 N–H and O–H groups in total. The van der Waals surface area contributed by atoms with Crippen LogP contribution in [0.5, 0.6) is 0 Å². The number of rotatable bonds is 8. The number of carboxylic acids is 1. The molecule has 34 heavy (non-hydrogen) atoms. The van der Waals surface area contributed by atoms with E-state index >= 15 is 0 Å². The molecule has 7 heteroatoms. The number of likely N-dealkylation sites (tertiary alicyclic amines) is 1. The average Bonchev–Trinajstić information content (AvgIpc) is 3.21. The number of carbonyl (C=O) groups excluding carboxylic acids is 1. The first-order chi connectivity index (χ1) is 16.6. The van der Waals surface area contributed by atoms with Crippen LogP contribution >= 0.6 is 0 Å². The minimum atomic E-state index is -0.930. The van der Waals surface area contributed by atoms with Gasteiger partial charge in [-0.2, -0.15) is 0 Å². The van der Waals surface area contributed by atoms with Gasteiger partial charge in [-0.1, -0.05) is 24.3 Å². The highest BCUT2D eigenvalue weighted by molar-refractivity contribution is 5.84. The summed E-state index contributed by atoms with van der Waals surface area (Å²) in [6.07, 6.45) is 7.17. The summed E-state index contributed by atoms with van der Waals surface area (Å²) in [5.41, 5.74) is 3.81. The molecule has 0 bridgehead atoms. The maximum atomic E-state index is 13.0. The molecule has 0 aliphatic carbocycles. The number of aryl methyl sites for hydroxylation is 2. The van der Waals surface area contributed by atoms with Crippen LogP contribution in [0.25, 0.3) is 10.9 Å². The number of anilines is 1. The van der Waals surface area contributed by atoms with E-state index in [1.165, 1.54) is 5.56 Å². The Kier molecular flexibility index (Phi) is 6.43. The highest BCUT2D eigenvalue weighted by Gasteiger charge is 2.34. The third kappa shape index (κ3) is 4.74. The van der Waals surface area contributed by atoms with Crippen molar-refractivity contribution in [3.63, 3.8) is 0 Å². The van der Waals surface area contributed by atoms with Gasteiger partial charge >= 0.3 is 5.97 Å². The van der Waals surface area contributed by atoms with Gasteiger partial charge in [0.05, 0.1) is 5.52 Å². The second-order valence-corrected chi connectivity index (χ2v) is 9.35. The molecule has 3 aromatic rings. The van der Waals surface area contributed by atoms with Crippen molar-refractivity contribution < 1.29 is 14.7 Å². The fraction of sp³-hybridized carbons (Fsp3) is 0.407. The lowest BCUT2D eigenvalue weighted by Crippen LogP contribution is -2.34. The summed E-state index contributed by atoms with van der Waals surface area (Å²) in [4.78, 5) is 36.0. The first-order valence-electron chi connectivity index (χ1n) is 12.2. The lowest BCUT2D eigenvalue weighted by atomic mass is 9.98. The van der Waals surface area contributed by atoms with E-state index in [4.69, 9.17) is 4.98 Å². The Morgan fingerprint density at radius 2 is 2.12 bits per heavy atom. The highest BCUT2D eigenvalue weighted by atomic mass is 16.4. The molecule has 2 aromatic heterocycles. The Balaban J connectivity index is 1.18. The van der Waals surface area contributed by atoms with Gasteiger partial charge in [0.2, 0.25) is 5.91 Å². The van der Waals surface area contributed by atoms with E-state index in [-0.39, 0.29) is 18.4 Å². The van der Waals surface area contributed by atoms with Crippen molar-refractivity contribution in [2.24, 2.45) is 5.92 Å². The summed E-state index contributed by atoms with van der Waals surface area (Å²) in [5, 5.41) is 14.2. The average molecular weight is 459 g/mol. The molecular formula is C27H30N4O3. The van der Waals surface area contributed by atoms with Gasteiger partial charge in [0.25, 0.3) is 0 Å². The van der Waals surface area contributed by atoms with Gasteiger partial charge in [0, 0.05) is 42.8 Å². The molecule has 7 nitrogen and oxygen atoms in total. The largest absolute Gasteiger partial charge is 0.481 e. The Morgan fingerprint density at radius 3 is 3.00 bits per heavy atom. The van der Waals surface area contributed by atoms with Crippen molar-refractivity contribution in [2.75, 3.05) is 25.0 Å². The number of pyridine rings is 2. The molecule has 0 spiro atoms. The first-order valence-corrected chi connectivity index (χ1v) is 12.2. The molecular weight excluding hydrogens is 428 g/mol. The van der Waals surface area contributed by atoms with Gasteiger partial charge in [0.1, 0.15) is 11.7 Å². The maximum Gasteiger partial charge on any atom is 0.312 e. The van der Waals surface area contributed by atoms with Crippen molar-refractivity contribution in [2.45, 2.75) is 44.4 Å². The summed E-state index contributed by atoms with van der Waals surface area (Å²) >= 11 is 0. The molecule has 5 rings (SSSR count). The second kappa shape index (κ2) is 9.79. The van der Waals surface area contributed by atoms with Crippen LogP contribution in [-0.4, -0.2) is 51.5 Å². The molecule has 176 valence electrons. The number of carboxylic acid groups (broad SMARTS) is 1. The number of aliphatic carboxylic acids is 1. The SMILES string of the molecule is O=C(O)[C@H](CN1CC[C@H](CCCc2ccc3c(n2)NCCC3)C1=O)c1cnc2ccccc2c1. The quantitative estimate of drug-likeness (QED) is 0.529. The zero-order valence-corrected chi connectivity index (χ0v) is 19.2. The molecule has 0 saturated carbocycles. The third-order valence-electron chi connectivity index (χ3n) is 7.06. The summed E-state index contributed by atoms with van der Waals surface area (Å²) in [6.45, 7) is 1.76. The lowest BCUT2D eigenvalue weighted by Gasteiger charge is -2.22. The number of amides is 1. The van der Waals surface area contributed by atoms with E-state index in [1.54, 1.807) is 11.1 Å². The van der Waals surface area contributed by atoms with E-state index in [9.17, 15) is 14.7 Å². The molecule has 2 atom stereocenters. The minimum Gasteiger partial charge on any atom is -0.481 e. The Bertz CT molecular complexity index is 1210. The van der Waals surface area contributed by atoms with Gasteiger partial charge in [0.15, 0.2) is 0 Å². The number of fused-ring (bicyclic) bond motifs is 2. The minimum absolute atomic E-state index is 0.0417. The van der Waals surface area contributed by atoms with Crippen molar-refractivity contribution >= 4 is 28.6 Å². The Morgan fingerprint density at radius 1 is 1.24 bits per heavy atom. The van der Waals surface area contributed by atoms with E-state index in [1.807, 2.05) is 30.3 Å². The molecule has 4 heterocycles. The number of benzene rings is 1. The van der Waals surface area contributed by atoms with Crippen molar-refractivity contribution in [3.8, 4) is 0 Å². The van der Waals surface area contributed by atoms with Crippen molar-refractivity contribution in [1.29, 1.82) is 0 Å². The van der Waals surface area contributed by atoms with Crippen LogP contribution in [-0.2, 0) is 22.4 Å². The summed E-state index contributed by atoms with van der Waals surface area (Å²) in [7, 11) is 0. The predicted octanol–water partition coefficient (Wildman–Crippen LogP) is 4.03. The zero-order chi connectivity index (χ0) is 23.5. The standard InChI is InChI=1S/C27H30N4O3/c32-26-19(6-3-8-22-11-10-18-7-4-13-28-25(18)30-22)12-14-31(26)17-23(27(33)34)21-15-20-5-1-2-9-24(20)29-16-21/h1-2,5,9-11,15-16,19,23H,3-4,6-8,12-14,17H2,(H,28,30)(H,33,34)/t19-,23+/m0/s1. The molecule has 1 aromatic carbocycles. The third-order valence-corrected chi connectivity index (χ3v) is 7.06. The normalized spacial score (nSPS) is 18.5. The molecule has 2 aliphatic heterocycles. The van der Waals surface area contributed by atoms with E-state index in [2.05, 4.69) is 22.4 Å². The van der Waals surface area contributed by atoms with E-state index in [0.29, 0.717) is 12.1 Å². The predicted molar refractivity (Wildman–Crippen MR) is 131 cm³/mol. The second-order valence-electron chi connectivity index (χ2n) is 9.35. The van der Waals surface area contributed by atoms with Crippen LogP contribution in [0.4, 0.5) is 5.82 Å². The topological polar surface area (TPSA) is 95.4 Å². The fourth-order valence-corrected chi connectivity index (χ4v) is 5.12. The van der Waals surface area contributed by atoms with Gasteiger partial charge < -0.3 is 15.3 Å². The number of hydrogen-bond acceptors (Lipinski definition) is 5. The monoisotopic (exact) mass is 458 g/mol. The number of carbonyl (C=O) groups is 2. The van der Waals surface area contributed by atoms with Gasteiger partial charge in [-0.3, -0.25) is 14.6 Å². The number of nitrogens with zero attached hydrogens (tertiary/aromatic N) is 3. The smallest absolute Gasteiger partial charge is 0.312 e. The number of hydrogen-bond donors (Lipinski definition) is 2. The van der Waals surface area contributed by atoms with Crippen LogP contribution in [0.3, 0.4) is 0 Å². The van der Waals surface area contributed by atoms with Crippen LogP contribution < -0.4 is 5.32 Å². The number of para-hydroxylation sites is 1. The molecule has 1 saturated heterocycles. The highest BCUT2D eigenvalue weighted by Crippen LogP contribution is 2.28. The van der Waals surface area contributed by atoms with Crippen molar-refractivity contribution in [3.05, 3.63) is 65.5 Å². The van der Waals surface area contributed by atoms with Gasteiger partial charge in [-0.05, 0) is 67.9 Å². The summed E-state index contributed by atoms with van der Waals surface area (Å²) in [5.74, 6) is -0.679.